The molecule has 0 radical (unpaired) electrons. The largest absolute Gasteiger partial charge is 0.453 e. The maximum atomic E-state index is 13.0. The predicted molar refractivity (Wildman–Crippen MR) is 99.0 cm³/mol. The third kappa shape index (κ3) is 4.94. The van der Waals surface area contributed by atoms with Crippen molar-refractivity contribution in [1.29, 1.82) is 0 Å². The maximum absolute atomic E-state index is 13.0. The number of hydrogen-bond donors (Lipinski definition) is 1. The van der Waals surface area contributed by atoms with Crippen molar-refractivity contribution in [2.75, 3.05) is 6.54 Å². The molecule has 152 valence electrons. The number of imide groups is 1. The van der Waals surface area contributed by atoms with Crippen LogP contribution in [0.2, 0.25) is 0 Å². The van der Waals surface area contributed by atoms with Crippen LogP contribution in [0.25, 0.3) is 0 Å². The van der Waals surface area contributed by atoms with Crippen LogP contribution in [0.5, 0.6) is 0 Å². The Morgan fingerprint density at radius 3 is 2.36 bits per heavy atom. The first-order valence-electron chi connectivity index (χ1n) is 9.17. The number of benzene rings is 1. The van der Waals surface area contributed by atoms with Crippen molar-refractivity contribution in [1.82, 2.24) is 10.2 Å². The fourth-order valence-corrected chi connectivity index (χ4v) is 2.90. The number of urea groups is 1. The highest BCUT2D eigenvalue weighted by Crippen LogP contribution is 2.24. The minimum Gasteiger partial charge on any atom is -0.453 e. The summed E-state index contributed by atoms with van der Waals surface area (Å²) in [5.41, 5.74) is -0.866. The van der Waals surface area contributed by atoms with Crippen LogP contribution in [-0.4, -0.2) is 46.8 Å². The van der Waals surface area contributed by atoms with Gasteiger partial charge >= 0.3 is 12.0 Å². The highest BCUT2D eigenvalue weighted by Gasteiger charge is 2.48. The number of rotatable bonds is 8. The van der Waals surface area contributed by atoms with E-state index in [2.05, 4.69) is 5.32 Å². The zero-order valence-electron chi connectivity index (χ0n) is 16.5. The van der Waals surface area contributed by atoms with Crippen LogP contribution < -0.4 is 5.32 Å². The molecule has 0 unspecified atom stereocenters. The first-order chi connectivity index (χ1) is 13.0. The summed E-state index contributed by atoms with van der Waals surface area (Å²) in [6.45, 7) is 6.45. The molecule has 1 heterocycles. The molecule has 8 heteroatoms. The second-order valence-electron chi connectivity index (χ2n) is 7.59. The monoisotopic (exact) mass is 392 g/mol. The summed E-state index contributed by atoms with van der Waals surface area (Å²) in [6, 6.07) is 4.19. The van der Waals surface area contributed by atoms with Gasteiger partial charge in [-0.2, -0.15) is 0 Å². The smallest absolute Gasteiger partial charge is 0.326 e. The van der Waals surface area contributed by atoms with E-state index < -0.39 is 47.7 Å². The number of carbonyl (C=O) groups excluding carboxylic acids is 4. The van der Waals surface area contributed by atoms with Gasteiger partial charge in [-0.05, 0) is 56.9 Å². The minimum absolute atomic E-state index is 0.193. The normalized spacial score (nSPS) is 20.3. The first kappa shape index (κ1) is 21.5. The van der Waals surface area contributed by atoms with E-state index in [1.165, 1.54) is 19.1 Å². The van der Waals surface area contributed by atoms with Gasteiger partial charge in [0.1, 0.15) is 17.9 Å². The molecule has 0 spiro atoms. The summed E-state index contributed by atoms with van der Waals surface area (Å²) in [5, 5.41) is 2.63. The average Bonchev–Trinajstić information content (AvgIpc) is 2.83. The summed E-state index contributed by atoms with van der Waals surface area (Å²) in [6.07, 6.45) is 0.0654. The molecule has 1 fully saturated rings. The van der Waals surface area contributed by atoms with Crippen LogP contribution in [0.1, 0.15) is 50.9 Å². The van der Waals surface area contributed by atoms with E-state index in [0.717, 1.165) is 23.5 Å². The molecule has 7 nitrogen and oxygen atoms in total. The second-order valence-corrected chi connectivity index (χ2v) is 7.59. The summed E-state index contributed by atoms with van der Waals surface area (Å²) in [4.78, 5) is 49.9. The standard InChI is InChI=1S/C20H25FN2O5/c1-12(2)9-10-20(4)18(26)23(19(27)22-20)11-16(24)28-13(3)17(25)14-5-7-15(21)8-6-14/h5-8,12-13H,9-11H2,1-4H3,(H,22,27)/t13-,20-/m0/s1. The minimum atomic E-state index is -1.13. The molecule has 1 aliphatic rings. The van der Waals surface area contributed by atoms with Gasteiger partial charge in [0.15, 0.2) is 6.10 Å². The summed E-state index contributed by atoms with van der Waals surface area (Å²) < 4.78 is 18.0. The summed E-state index contributed by atoms with van der Waals surface area (Å²) >= 11 is 0. The van der Waals surface area contributed by atoms with Crippen molar-refractivity contribution in [2.45, 2.75) is 52.2 Å². The molecule has 1 N–H and O–H groups in total. The van der Waals surface area contributed by atoms with Gasteiger partial charge in [0.2, 0.25) is 5.78 Å². The molecular formula is C20H25FN2O5. The second kappa shape index (κ2) is 8.50. The molecule has 1 aliphatic heterocycles. The first-order valence-corrected chi connectivity index (χ1v) is 9.17. The number of esters is 1. The Bertz CT molecular complexity index is 777. The van der Waals surface area contributed by atoms with Crippen LogP contribution >= 0.6 is 0 Å². The number of carbonyl (C=O) groups is 4. The van der Waals surface area contributed by atoms with E-state index in [0.29, 0.717) is 12.3 Å². The van der Waals surface area contributed by atoms with E-state index in [-0.39, 0.29) is 5.56 Å². The quantitative estimate of drug-likeness (QED) is 0.417. The zero-order valence-corrected chi connectivity index (χ0v) is 16.5. The van der Waals surface area contributed by atoms with Crippen LogP contribution in [-0.2, 0) is 14.3 Å². The molecule has 0 aliphatic carbocycles. The van der Waals surface area contributed by atoms with Gasteiger partial charge < -0.3 is 10.1 Å². The van der Waals surface area contributed by atoms with E-state index >= 15 is 0 Å². The lowest BCUT2D eigenvalue weighted by atomic mass is 9.92. The average molecular weight is 392 g/mol. The molecule has 1 saturated heterocycles. The lowest BCUT2D eigenvalue weighted by molar-refractivity contribution is -0.149. The van der Waals surface area contributed by atoms with E-state index in [1.807, 2.05) is 13.8 Å². The fraction of sp³-hybridized carbons (Fsp3) is 0.500. The molecule has 28 heavy (non-hydrogen) atoms. The molecule has 0 aromatic heterocycles. The highest BCUT2D eigenvalue weighted by molar-refractivity contribution is 6.08. The molecule has 3 amide bonds. The number of amides is 3. The van der Waals surface area contributed by atoms with E-state index in [1.54, 1.807) is 6.92 Å². The predicted octanol–water partition coefficient (Wildman–Crippen LogP) is 2.69. The van der Waals surface area contributed by atoms with Crippen LogP contribution in [0.15, 0.2) is 24.3 Å². The van der Waals surface area contributed by atoms with Gasteiger partial charge in [0.05, 0.1) is 0 Å². The van der Waals surface area contributed by atoms with Crippen LogP contribution in [0.4, 0.5) is 9.18 Å². The number of halogens is 1. The van der Waals surface area contributed by atoms with Crippen LogP contribution in [0.3, 0.4) is 0 Å². The van der Waals surface area contributed by atoms with Gasteiger partial charge in [-0.15, -0.1) is 0 Å². The van der Waals surface area contributed by atoms with Gasteiger partial charge in [-0.3, -0.25) is 19.3 Å². The SMILES string of the molecule is CC(C)CC[C@]1(C)NC(=O)N(CC(=O)O[C@@H](C)C(=O)c2ccc(F)cc2)C1=O. The molecule has 2 rings (SSSR count). The van der Waals surface area contributed by atoms with Crippen molar-refractivity contribution in [3.63, 3.8) is 0 Å². The number of nitrogens with zero attached hydrogens (tertiary/aromatic N) is 1. The number of ether oxygens (including phenoxy) is 1. The molecular weight excluding hydrogens is 367 g/mol. The lowest BCUT2D eigenvalue weighted by Gasteiger charge is -2.22. The fourth-order valence-electron chi connectivity index (χ4n) is 2.90. The van der Waals surface area contributed by atoms with Crippen molar-refractivity contribution in [3.8, 4) is 0 Å². The lowest BCUT2D eigenvalue weighted by Crippen LogP contribution is -2.44. The molecule has 1 aromatic rings. The summed E-state index contributed by atoms with van der Waals surface area (Å²) in [5.74, 6) is -2.00. The maximum Gasteiger partial charge on any atom is 0.326 e. The van der Waals surface area contributed by atoms with Crippen LogP contribution in [0, 0.1) is 11.7 Å². The molecule has 2 atom stereocenters. The van der Waals surface area contributed by atoms with Crippen molar-refractivity contribution in [2.24, 2.45) is 5.92 Å². The Balaban J connectivity index is 1.96. The van der Waals surface area contributed by atoms with Crippen molar-refractivity contribution < 1.29 is 28.3 Å². The Hall–Kier alpha value is -2.77. The zero-order chi connectivity index (χ0) is 21.1. The van der Waals surface area contributed by atoms with Gasteiger partial charge in [-0.25, -0.2) is 9.18 Å². The molecule has 0 saturated carbocycles. The number of Topliss-reactive ketones (excluding diaryl/α,β-unsaturated/α-hetero) is 1. The summed E-state index contributed by atoms with van der Waals surface area (Å²) in [7, 11) is 0. The number of hydrogen-bond acceptors (Lipinski definition) is 5. The third-order valence-electron chi connectivity index (χ3n) is 4.66. The Kier molecular flexibility index (Phi) is 6.53. The van der Waals surface area contributed by atoms with E-state index in [9.17, 15) is 23.6 Å². The Labute approximate surface area is 163 Å². The Morgan fingerprint density at radius 2 is 1.79 bits per heavy atom. The van der Waals surface area contributed by atoms with Gasteiger partial charge in [0, 0.05) is 5.56 Å². The molecule has 1 aromatic carbocycles. The topological polar surface area (TPSA) is 92.8 Å². The number of ketones is 1. The van der Waals surface area contributed by atoms with Crippen molar-refractivity contribution in [3.05, 3.63) is 35.6 Å². The molecule has 0 bridgehead atoms. The number of nitrogens with one attached hydrogen (secondary N) is 1. The van der Waals surface area contributed by atoms with Crippen molar-refractivity contribution >= 4 is 23.7 Å². The highest BCUT2D eigenvalue weighted by atomic mass is 19.1. The van der Waals surface area contributed by atoms with Gasteiger partial charge in [-0.1, -0.05) is 13.8 Å². The third-order valence-corrected chi connectivity index (χ3v) is 4.66. The Morgan fingerprint density at radius 1 is 1.18 bits per heavy atom. The van der Waals surface area contributed by atoms with E-state index in [4.69, 9.17) is 4.74 Å². The van der Waals surface area contributed by atoms with Gasteiger partial charge in [0.25, 0.3) is 5.91 Å².